The number of thiophene rings is 1. The number of fused-ring (bicyclic) bond motifs is 1. The molecule has 0 bridgehead atoms. The Morgan fingerprint density at radius 2 is 2.23 bits per heavy atom. The van der Waals surface area contributed by atoms with Crippen molar-refractivity contribution in [3.63, 3.8) is 0 Å². The van der Waals surface area contributed by atoms with E-state index in [9.17, 15) is 0 Å². The standard InChI is InChI=1S/C9H6BrClS2/c1-12-8-4-13-9-6(8)2-5(11)3-7(9)10/h2-4H,1H3. The van der Waals surface area contributed by atoms with Crippen LogP contribution < -0.4 is 0 Å². The summed E-state index contributed by atoms with van der Waals surface area (Å²) in [5.41, 5.74) is 0. The largest absolute Gasteiger partial charge is 0.141 e. The van der Waals surface area contributed by atoms with Gasteiger partial charge in [0.1, 0.15) is 0 Å². The number of benzene rings is 1. The van der Waals surface area contributed by atoms with Gasteiger partial charge in [-0.2, -0.15) is 0 Å². The molecule has 0 N–H and O–H groups in total. The minimum atomic E-state index is 0.785. The van der Waals surface area contributed by atoms with Gasteiger partial charge < -0.3 is 0 Å². The number of thioether (sulfide) groups is 1. The number of halogens is 2. The molecule has 1 heterocycles. The van der Waals surface area contributed by atoms with Crippen molar-refractivity contribution in [1.29, 1.82) is 0 Å². The van der Waals surface area contributed by atoms with Gasteiger partial charge in [0.05, 0.1) is 0 Å². The van der Waals surface area contributed by atoms with Crippen LogP contribution >= 0.6 is 50.6 Å². The molecule has 4 heteroatoms. The van der Waals surface area contributed by atoms with Crippen LogP contribution in [0.2, 0.25) is 5.02 Å². The average molecular weight is 294 g/mol. The monoisotopic (exact) mass is 292 g/mol. The SMILES string of the molecule is CSc1csc2c(Br)cc(Cl)cc12. The minimum Gasteiger partial charge on any atom is -0.141 e. The molecular weight excluding hydrogens is 288 g/mol. The van der Waals surface area contributed by atoms with Gasteiger partial charge in [-0.25, -0.2) is 0 Å². The molecule has 2 aromatic rings. The zero-order valence-electron chi connectivity index (χ0n) is 6.80. The molecule has 0 saturated carbocycles. The van der Waals surface area contributed by atoms with Crippen molar-refractivity contribution in [2.75, 3.05) is 6.26 Å². The van der Waals surface area contributed by atoms with Crippen molar-refractivity contribution >= 4 is 60.7 Å². The van der Waals surface area contributed by atoms with E-state index in [0.29, 0.717) is 0 Å². The van der Waals surface area contributed by atoms with E-state index in [-0.39, 0.29) is 0 Å². The zero-order chi connectivity index (χ0) is 9.42. The Kier molecular flexibility index (Phi) is 2.88. The highest BCUT2D eigenvalue weighted by atomic mass is 79.9. The summed E-state index contributed by atoms with van der Waals surface area (Å²) in [7, 11) is 0. The normalized spacial score (nSPS) is 11.0. The third-order valence-electron chi connectivity index (χ3n) is 1.78. The first kappa shape index (κ1) is 9.84. The Labute approximate surface area is 98.4 Å². The van der Waals surface area contributed by atoms with E-state index in [0.717, 1.165) is 9.50 Å². The van der Waals surface area contributed by atoms with Crippen molar-refractivity contribution in [2.45, 2.75) is 4.90 Å². The predicted molar refractivity (Wildman–Crippen MR) is 66.3 cm³/mol. The maximum absolute atomic E-state index is 5.98. The van der Waals surface area contributed by atoms with Crippen LogP contribution in [-0.2, 0) is 0 Å². The minimum absolute atomic E-state index is 0.785. The van der Waals surface area contributed by atoms with E-state index >= 15 is 0 Å². The quantitative estimate of drug-likeness (QED) is 0.664. The van der Waals surface area contributed by atoms with Gasteiger partial charge in [-0.05, 0) is 34.3 Å². The molecule has 13 heavy (non-hydrogen) atoms. The Hall–Kier alpha value is 0.300. The van der Waals surface area contributed by atoms with E-state index in [2.05, 4.69) is 27.6 Å². The second kappa shape index (κ2) is 3.81. The van der Waals surface area contributed by atoms with Gasteiger partial charge in [-0.15, -0.1) is 23.1 Å². The molecule has 0 radical (unpaired) electrons. The van der Waals surface area contributed by atoms with Crippen LogP contribution in [0.15, 0.2) is 26.9 Å². The fourth-order valence-corrected chi connectivity index (χ4v) is 4.08. The van der Waals surface area contributed by atoms with Gasteiger partial charge in [-0.3, -0.25) is 0 Å². The summed E-state index contributed by atoms with van der Waals surface area (Å²) in [6.07, 6.45) is 2.08. The lowest BCUT2D eigenvalue weighted by Crippen LogP contribution is -1.70. The molecule has 0 saturated heterocycles. The Morgan fingerprint density at radius 1 is 1.46 bits per heavy atom. The first-order valence-electron chi connectivity index (χ1n) is 3.62. The highest BCUT2D eigenvalue weighted by Crippen LogP contribution is 2.38. The van der Waals surface area contributed by atoms with Crippen LogP contribution in [0.3, 0.4) is 0 Å². The van der Waals surface area contributed by atoms with E-state index in [1.54, 1.807) is 23.1 Å². The summed E-state index contributed by atoms with van der Waals surface area (Å²) in [6.45, 7) is 0. The van der Waals surface area contributed by atoms with E-state index in [1.807, 2.05) is 12.1 Å². The number of rotatable bonds is 1. The lowest BCUT2D eigenvalue weighted by Gasteiger charge is -1.97. The van der Waals surface area contributed by atoms with E-state index in [1.165, 1.54) is 15.0 Å². The van der Waals surface area contributed by atoms with Crippen LogP contribution in [0, 0.1) is 0 Å². The molecule has 68 valence electrons. The molecular formula is C9H6BrClS2. The molecule has 0 amide bonds. The first-order chi connectivity index (χ1) is 6.22. The van der Waals surface area contributed by atoms with Crippen LogP contribution in [0.5, 0.6) is 0 Å². The molecule has 0 spiro atoms. The first-order valence-corrected chi connectivity index (χ1v) is 6.90. The van der Waals surface area contributed by atoms with E-state index in [4.69, 9.17) is 11.6 Å². The summed E-state index contributed by atoms with van der Waals surface area (Å²) >= 11 is 13.0. The summed E-state index contributed by atoms with van der Waals surface area (Å²) in [6, 6.07) is 3.95. The fourth-order valence-electron chi connectivity index (χ4n) is 1.20. The summed E-state index contributed by atoms with van der Waals surface area (Å²) in [4.78, 5) is 1.29. The molecule has 2 rings (SSSR count). The molecule has 0 atom stereocenters. The van der Waals surface area contributed by atoms with Crippen molar-refractivity contribution in [3.05, 3.63) is 27.0 Å². The van der Waals surface area contributed by atoms with Crippen LogP contribution in [0.25, 0.3) is 10.1 Å². The van der Waals surface area contributed by atoms with Gasteiger partial charge in [-0.1, -0.05) is 11.6 Å². The highest BCUT2D eigenvalue weighted by Gasteiger charge is 2.07. The van der Waals surface area contributed by atoms with Crippen molar-refractivity contribution in [3.8, 4) is 0 Å². The molecule has 1 aromatic carbocycles. The third kappa shape index (κ3) is 1.75. The summed E-state index contributed by atoms with van der Waals surface area (Å²) < 4.78 is 2.36. The third-order valence-corrected chi connectivity index (χ3v) is 4.84. The van der Waals surface area contributed by atoms with Crippen LogP contribution in [0.4, 0.5) is 0 Å². The van der Waals surface area contributed by atoms with Gasteiger partial charge >= 0.3 is 0 Å². The second-order valence-electron chi connectivity index (χ2n) is 2.57. The molecule has 1 aromatic heterocycles. The van der Waals surface area contributed by atoms with E-state index < -0.39 is 0 Å². The maximum atomic E-state index is 5.98. The van der Waals surface area contributed by atoms with Crippen LogP contribution in [0.1, 0.15) is 0 Å². The zero-order valence-corrected chi connectivity index (χ0v) is 10.8. The van der Waals surface area contributed by atoms with Crippen molar-refractivity contribution in [2.24, 2.45) is 0 Å². The topological polar surface area (TPSA) is 0 Å². The molecule has 0 aliphatic rings. The van der Waals surface area contributed by atoms with Gasteiger partial charge in [0.25, 0.3) is 0 Å². The Morgan fingerprint density at radius 3 is 2.92 bits per heavy atom. The van der Waals surface area contributed by atoms with Crippen molar-refractivity contribution in [1.82, 2.24) is 0 Å². The molecule has 0 aliphatic heterocycles. The van der Waals surface area contributed by atoms with Gasteiger partial charge in [0.15, 0.2) is 0 Å². The molecule has 0 aliphatic carbocycles. The lowest BCUT2D eigenvalue weighted by atomic mass is 10.3. The number of hydrogen-bond donors (Lipinski definition) is 0. The predicted octanol–water partition coefficient (Wildman–Crippen LogP) is 5.04. The smallest absolute Gasteiger partial charge is 0.0497 e. The maximum Gasteiger partial charge on any atom is 0.0497 e. The summed E-state index contributed by atoms with van der Waals surface area (Å²) in [5.74, 6) is 0. The molecule has 0 nitrogen and oxygen atoms in total. The molecule has 0 fully saturated rings. The average Bonchev–Trinajstić information content (AvgIpc) is 2.47. The highest BCUT2D eigenvalue weighted by molar-refractivity contribution is 9.10. The van der Waals surface area contributed by atoms with Gasteiger partial charge in [0, 0.05) is 29.9 Å². The summed E-state index contributed by atoms with van der Waals surface area (Å²) in [5, 5.41) is 4.20. The van der Waals surface area contributed by atoms with Crippen molar-refractivity contribution < 1.29 is 0 Å². The molecule has 0 unspecified atom stereocenters. The fraction of sp³-hybridized carbons (Fsp3) is 0.111. The second-order valence-corrected chi connectivity index (χ2v) is 5.59. The Bertz CT molecular complexity index is 450. The van der Waals surface area contributed by atoms with Crippen LogP contribution in [-0.4, -0.2) is 6.26 Å². The van der Waals surface area contributed by atoms with Gasteiger partial charge in [0.2, 0.25) is 0 Å². The lowest BCUT2D eigenvalue weighted by molar-refractivity contribution is 1.65. The Balaban J connectivity index is 2.82. The number of hydrogen-bond acceptors (Lipinski definition) is 2.